The van der Waals surface area contributed by atoms with E-state index in [1.54, 1.807) is 24.8 Å². The number of anilines is 1. The largest absolute Gasteiger partial charge is 0.350 e. The van der Waals surface area contributed by atoms with E-state index in [1.165, 1.54) is 6.42 Å². The highest BCUT2D eigenvalue weighted by Crippen LogP contribution is 2.15. The minimum absolute atomic E-state index is 0.392. The standard InChI is InChI=1S/C14H18N6/c1-3-12(19-14-17-4-2-5-18-14)10-20(8-1)11-13-9-15-6-7-16-13/h2,4-7,9,12H,1,3,8,10-11H2,(H,17,18,19). The number of hydrogen-bond acceptors (Lipinski definition) is 6. The third-order valence-corrected chi connectivity index (χ3v) is 3.41. The van der Waals surface area contributed by atoms with Crippen molar-refractivity contribution in [3.63, 3.8) is 0 Å². The van der Waals surface area contributed by atoms with E-state index < -0.39 is 0 Å². The van der Waals surface area contributed by atoms with Crippen molar-refractivity contribution in [2.45, 2.75) is 25.4 Å². The summed E-state index contributed by atoms with van der Waals surface area (Å²) < 4.78 is 0. The van der Waals surface area contributed by atoms with Gasteiger partial charge in [0.2, 0.25) is 5.95 Å². The van der Waals surface area contributed by atoms with Gasteiger partial charge >= 0.3 is 0 Å². The number of likely N-dealkylation sites (tertiary alicyclic amines) is 1. The van der Waals surface area contributed by atoms with Gasteiger partial charge in [-0.05, 0) is 25.5 Å². The van der Waals surface area contributed by atoms with E-state index in [9.17, 15) is 0 Å². The quantitative estimate of drug-likeness (QED) is 0.904. The second-order valence-corrected chi connectivity index (χ2v) is 4.99. The predicted molar refractivity (Wildman–Crippen MR) is 76.0 cm³/mol. The van der Waals surface area contributed by atoms with E-state index in [0.29, 0.717) is 12.0 Å². The summed E-state index contributed by atoms with van der Waals surface area (Å²) in [5.41, 5.74) is 1.02. The van der Waals surface area contributed by atoms with Crippen LogP contribution in [0.3, 0.4) is 0 Å². The van der Waals surface area contributed by atoms with Gasteiger partial charge in [0, 0.05) is 50.1 Å². The molecule has 0 aromatic carbocycles. The average Bonchev–Trinajstić information content (AvgIpc) is 2.50. The molecule has 1 atom stereocenters. The Kier molecular flexibility index (Phi) is 4.13. The monoisotopic (exact) mass is 270 g/mol. The number of hydrogen-bond donors (Lipinski definition) is 1. The Hall–Kier alpha value is -2.08. The molecule has 0 bridgehead atoms. The first-order valence-corrected chi connectivity index (χ1v) is 6.91. The van der Waals surface area contributed by atoms with E-state index in [1.807, 2.05) is 12.3 Å². The van der Waals surface area contributed by atoms with Crippen LogP contribution in [0.5, 0.6) is 0 Å². The summed E-state index contributed by atoms with van der Waals surface area (Å²) in [7, 11) is 0. The summed E-state index contributed by atoms with van der Waals surface area (Å²) in [5, 5.41) is 3.40. The van der Waals surface area contributed by atoms with Gasteiger partial charge in [0.15, 0.2) is 0 Å². The van der Waals surface area contributed by atoms with Gasteiger partial charge in [-0.2, -0.15) is 0 Å². The zero-order valence-corrected chi connectivity index (χ0v) is 11.3. The fourth-order valence-corrected chi connectivity index (χ4v) is 2.51. The van der Waals surface area contributed by atoms with Crippen LogP contribution < -0.4 is 5.32 Å². The van der Waals surface area contributed by atoms with Gasteiger partial charge in [0.25, 0.3) is 0 Å². The van der Waals surface area contributed by atoms with Crippen molar-refractivity contribution in [2.24, 2.45) is 0 Å². The Bertz CT molecular complexity index is 470. The first-order chi connectivity index (χ1) is 9.90. The van der Waals surface area contributed by atoms with Gasteiger partial charge in [-0.3, -0.25) is 14.9 Å². The highest BCUT2D eigenvalue weighted by Gasteiger charge is 2.20. The van der Waals surface area contributed by atoms with Crippen molar-refractivity contribution >= 4 is 5.95 Å². The lowest BCUT2D eigenvalue weighted by Gasteiger charge is -2.32. The molecule has 1 saturated heterocycles. The Morgan fingerprint density at radius 2 is 2.05 bits per heavy atom. The molecule has 0 spiro atoms. The molecule has 1 aliphatic heterocycles. The van der Waals surface area contributed by atoms with Gasteiger partial charge in [-0.1, -0.05) is 0 Å². The molecule has 1 aliphatic rings. The van der Waals surface area contributed by atoms with Crippen LogP contribution in [-0.2, 0) is 6.54 Å². The summed E-state index contributed by atoms with van der Waals surface area (Å²) >= 11 is 0. The van der Waals surface area contributed by atoms with Gasteiger partial charge in [-0.25, -0.2) is 9.97 Å². The molecule has 2 aromatic rings. The molecule has 1 unspecified atom stereocenters. The minimum Gasteiger partial charge on any atom is -0.350 e. The van der Waals surface area contributed by atoms with E-state index in [0.717, 1.165) is 31.7 Å². The molecule has 0 radical (unpaired) electrons. The normalized spacial score (nSPS) is 19.7. The molecule has 0 saturated carbocycles. The summed E-state index contributed by atoms with van der Waals surface area (Å²) in [4.78, 5) is 19.3. The molecule has 2 aromatic heterocycles. The predicted octanol–water partition coefficient (Wildman–Crippen LogP) is 1.34. The fraction of sp³-hybridized carbons (Fsp3) is 0.429. The number of piperidine rings is 1. The Labute approximate surface area is 118 Å². The maximum absolute atomic E-state index is 4.33. The van der Waals surface area contributed by atoms with Crippen molar-refractivity contribution in [2.75, 3.05) is 18.4 Å². The molecule has 6 heteroatoms. The highest BCUT2D eigenvalue weighted by molar-refractivity contribution is 5.24. The van der Waals surface area contributed by atoms with Gasteiger partial charge in [0.05, 0.1) is 5.69 Å². The molecule has 1 fully saturated rings. The smallest absolute Gasteiger partial charge is 0.222 e. The Morgan fingerprint density at radius 1 is 1.15 bits per heavy atom. The lowest BCUT2D eigenvalue weighted by Crippen LogP contribution is -2.42. The van der Waals surface area contributed by atoms with E-state index in [2.05, 4.69) is 30.2 Å². The summed E-state index contributed by atoms with van der Waals surface area (Å²) in [6.07, 6.45) is 11.1. The molecule has 1 N–H and O–H groups in total. The van der Waals surface area contributed by atoms with Crippen LogP contribution in [-0.4, -0.2) is 44.0 Å². The van der Waals surface area contributed by atoms with Crippen LogP contribution in [0.15, 0.2) is 37.1 Å². The second-order valence-electron chi connectivity index (χ2n) is 4.99. The lowest BCUT2D eigenvalue weighted by atomic mass is 10.1. The number of nitrogens with zero attached hydrogens (tertiary/aromatic N) is 5. The molecule has 20 heavy (non-hydrogen) atoms. The van der Waals surface area contributed by atoms with Gasteiger partial charge in [0.1, 0.15) is 0 Å². The van der Waals surface area contributed by atoms with Crippen molar-refractivity contribution in [1.29, 1.82) is 0 Å². The molecule has 6 nitrogen and oxygen atoms in total. The zero-order chi connectivity index (χ0) is 13.6. The number of nitrogens with one attached hydrogen (secondary N) is 1. The van der Waals surface area contributed by atoms with Crippen LogP contribution >= 0.6 is 0 Å². The van der Waals surface area contributed by atoms with Gasteiger partial charge < -0.3 is 5.32 Å². The molecule has 0 amide bonds. The lowest BCUT2D eigenvalue weighted by molar-refractivity contribution is 0.206. The molecular formula is C14H18N6. The average molecular weight is 270 g/mol. The maximum Gasteiger partial charge on any atom is 0.222 e. The fourth-order valence-electron chi connectivity index (χ4n) is 2.51. The highest BCUT2D eigenvalue weighted by atomic mass is 15.2. The van der Waals surface area contributed by atoms with Gasteiger partial charge in [-0.15, -0.1) is 0 Å². The molecule has 104 valence electrons. The topological polar surface area (TPSA) is 66.8 Å². The SMILES string of the molecule is c1cnc(NC2CCCN(Cc3cnccn3)C2)nc1. The van der Waals surface area contributed by atoms with Crippen LogP contribution in [0.25, 0.3) is 0 Å². The second kappa shape index (κ2) is 6.38. The molecular weight excluding hydrogens is 252 g/mol. The van der Waals surface area contributed by atoms with Crippen molar-refractivity contribution in [3.8, 4) is 0 Å². The van der Waals surface area contributed by atoms with E-state index >= 15 is 0 Å². The molecule has 0 aliphatic carbocycles. The van der Waals surface area contributed by atoms with Crippen molar-refractivity contribution in [1.82, 2.24) is 24.8 Å². The third kappa shape index (κ3) is 3.48. The Morgan fingerprint density at radius 3 is 2.85 bits per heavy atom. The first-order valence-electron chi connectivity index (χ1n) is 6.91. The Balaban J connectivity index is 1.57. The minimum atomic E-state index is 0.392. The summed E-state index contributed by atoms with van der Waals surface area (Å²) in [6, 6.07) is 2.22. The maximum atomic E-state index is 4.33. The van der Waals surface area contributed by atoms with Crippen molar-refractivity contribution in [3.05, 3.63) is 42.7 Å². The van der Waals surface area contributed by atoms with E-state index in [-0.39, 0.29) is 0 Å². The number of rotatable bonds is 4. The molecule has 3 heterocycles. The van der Waals surface area contributed by atoms with Crippen LogP contribution in [0.1, 0.15) is 18.5 Å². The van der Waals surface area contributed by atoms with Crippen LogP contribution in [0.2, 0.25) is 0 Å². The third-order valence-electron chi connectivity index (χ3n) is 3.41. The van der Waals surface area contributed by atoms with Crippen LogP contribution in [0, 0.1) is 0 Å². The summed E-state index contributed by atoms with van der Waals surface area (Å²) in [6.45, 7) is 2.93. The summed E-state index contributed by atoms with van der Waals surface area (Å²) in [5.74, 6) is 0.707. The van der Waals surface area contributed by atoms with Crippen LogP contribution in [0.4, 0.5) is 5.95 Å². The molecule has 3 rings (SSSR count). The van der Waals surface area contributed by atoms with E-state index in [4.69, 9.17) is 0 Å². The first kappa shape index (κ1) is 12.9. The van der Waals surface area contributed by atoms with Crippen molar-refractivity contribution < 1.29 is 0 Å². The zero-order valence-electron chi connectivity index (χ0n) is 11.3. The number of aromatic nitrogens is 4.